The van der Waals surface area contributed by atoms with Gasteiger partial charge in [0.25, 0.3) is 0 Å². The van der Waals surface area contributed by atoms with Crippen LogP contribution in [0.25, 0.3) is 10.9 Å². The lowest BCUT2D eigenvalue weighted by Gasteiger charge is -2.11. The van der Waals surface area contributed by atoms with Crippen LogP contribution in [0.15, 0.2) is 54.9 Å². The van der Waals surface area contributed by atoms with E-state index in [0.717, 1.165) is 28.1 Å². The average molecular weight is 321 g/mol. The highest BCUT2D eigenvalue weighted by atomic mass is 16.2. The smallest absolute Gasteiger partial charge is 0.238 e. The molecule has 122 valence electrons. The summed E-state index contributed by atoms with van der Waals surface area (Å²) >= 11 is 0. The van der Waals surface area contributed by atoms with Crippen LogP contribution in [0.3, 0.4) is 0 Å². The Morgan fingerprint density at radius 3 is 2.46 bits per heavy atom. The van der Waals surface area contributed by atoms with E-state index in [1.165, 1.54) is 0 Å². The van der Waals surface area contributed by atoms with Crippen LogP contribution in [0.2, 0.25) is 0 Å². The Labute approximate surface area is 140 Å². The number of anilines is 3. The number of fused-ring (bicyclic) bond motifs is 1. The maximum absolute atomic E-state index is 11.8. The standard InChI is InChI=1S/C18H19N5O/c1-23(2)11-17(24)21-13-7-9-14(10-8-13)22-18-15-5-3-4-6-16(15)19-12-20-18/h3-10,12H,11H2,1-2H3,(H,21,24)(H,19,20,22). The number of para-hydroxylation sites is 1. The van der Waals surface area contributed by atoms with Crippen LogP contribution in [-0.2, 0) is 4.79 Å². The molecule has 3 aromatic rings. The van der Waals surface area contributed by atoms with Crippen molar-refractivity contribution < 1.29 is 4.79 Å². The maximum Gasteiger partial charge on any atom is 0.238 e. The van der Waals surface area contributed by atoms with Gasteiger partial charge in [0.1, 0.15) is 12.1 Å². The number of carbonyl (C=O) groups is 1. The molecule has 24 heavy (non-hydrogen) atoms. The van der Waals surface area contributed by atoms with Crippen molar-refractivity contribution in [3.05, 3.63) is 54.9 Å². The highest BCUT2D eigenvalue weighted by molar-refractivity contribution is 5.93. The molecule has 1 aromatic heterocycles. The number of likely N-dealkylation sites (N-methyl/N-ethyl adjacent to an activating group) is 1. The third-order valence-corrected chi connectivity index (χ3v) is 3.43. The number of amides is 1. The van der Waals surface area contributed by atoms with Crippen molar-refractivity contribution >= 4 is 34.0 Å². The Morgan fingerprint density at radius 2 is 1.71 bits per heavy atom. The van der Waals surface area contributed by atoms with Gasteiger partial charge in [-0.25, -0.2) is 9.97 Å². The van der Waals surface area contributed by atoms with Crippen molar-refractivity contribution in [1.29, 1.82) is 0 Å². The lowest BCUT2D eigenvalue weighted by atomic mass is 10.2. The van der Waals surface area contributed by atoms with Crippen molar-refractivity contribution in [3.8, 4) is 0 Å². The highest BCUT2D eigenvalue weighted by Gasteiger charge is 2.05. The number of rotatable bonds is 5. The molecular weight excluding hydrogens is 302 g/mol. The van der Waals surface area contributed by atoms with Crippen molar-refractivity contribution in [2.45, 2.75) is 0 Å². The van der Waals surface area contributed by atoms with Crippen LogP contribution in [0.1, 0.15) is 0 Å². The van der Waals surface area contributed by atoms with Gasteiger partial charge >= 0.3 is 0 Å². The molecule has 0 unspecified atom stereocenters. The topological polar surface area (TPSA) is 70.2 Å². The van der Waals surface area contributed by atoms with E-state index >= 15 is 0 Å². The van der Waals surface area contributed by atoms with Gasteiger partial charge in [0, 0.05) is 16.8 Å². The molecule has 2 N–H and O–H groups in total. The normalized spacial score (nSPS) is 10.8. The van der Waals surface area contributed by atoms with Crippen LogP contribution in [0.5, 0.6) is 0 Å². The van der Waals surface area contributed by atoms with Gasteiger partial charge in [-0.3, -0.25) is 4.79 Å². The molecule has 0 fully saturated rings. The minimum atomic E-state index is -0.0393. The van der Waals surface area contributed by atoms with E-state index in [-0.39, 0.29) is 5.91 Å². The summed E-state index contributed by atoms with van der Waals surface area (Å²) in [6.45, 7) is 0.354. The Morgan fingerprint density at radius 1 is 1.00 bits per heavy atom. The highest BCUT2D eigenvalue weighted by Crippen LogP contribution is 2.23. The summed E-state index contributed by atoms with van der Waals surface area (Å²) in [4.78, 5) is 22.1. The van der Waals surface area contributed by atoms with Gasteiger partial charge in [0.15, 0.2) is 0 Å². The van der Waals surface area contributed by atoms with Crippen LogP contribution < -0.4 is 10.6 Å². The molecule has 0 radical (unpaired) electrons. The predicted octanol–water partition coefficient (Wildman–Crippen LogP) is 2.87. The summed E-state index contributed by atoms with van der Waals surface area (Å²) in [5.41, 5.74) is 2.55. The molecule has 0 spiro atoms. The summed E-state index contributed by atoms with van der Waals surface area (Å²) in [6, 6.07) is 15.4. The lowest BCUT2D eigenvalue weighted by molar-refractivity contribution is -0.116. The fourth-order valence-corrected chi connectivity index (χ4v) is 2.37. The zero-order valence-corrected chi connectivity index (χ0v) is 13.7. The first kappa shape index (κ1) is 15.9. The van der Waals surface area contributed by atoms with Gasteiger partial charge < -0.3 is 15.5 Å². The number of hydrogen-bond acceptors (Lipinski definition) is 5. The van der Waals surface area contributed by atoms with Crippen molar-refractivity contribution in [2.75, 3.05) is 31.3 Å². The number of benzene rings is 2. The van der Waals surface area contributed by atoms with Gasteiger partial charge in [-0.1, -0.05) is 12.1 Å². The van der Waals surface area contributed by atoms with E-state index < -0.39 is 0 Å². The van der Waals surface area contributed by atoms with Crippen LogP contribution in [0.4, 0.5) is 17.2 Å². The van der Waals surface area contributed by atoms with Crippen LogP contribution in [-0.4, -0.2) is 41.4 Å². The second kappa shape index (κ2) is 7.06. The molecule has 1 amide bonds. The number of nitrogens with zero attached hydrogens (tertiary/aromatic N) is 3. The van der Waals surface area contributed by atoms with E-state index in [1.807, 2.05) is 67.5 Å². The molecule has 0 aliphatic carbocycles. The average Bonchev–Trinajstić information content (AvgIpc) is 2.56. The molecule has 3 rings (SSSR count). The fourth-order valence-electron chi connectivity index (χ4n) is 2.37. The molecular formula is C18H19N5O. The molecule has 1 heterocycles. The first-order chi connectivity index (χ1) is 11.6. The summed E-state index contributed by atoms with van der Waals surface area (Å²) in [5.74, 6) is 0.715. The minimum absolute atomic E-state index is 0.0393. The quantitative estimate of drug-likeness (QED) is 0.756. The first-order valence-electron chi connectivity index (χ1n) is 7.63. The molecule has 0 atom stereocenters. The van der Waals surface area contributed by atoms with Gasteiger partial charge in [0.05, 0.1) is 12.1 Å². The van der Waals surface area contributed by atoms with E-state index in [2.05, 4.69) is 20.6 Å². The molecule has 0 saturated heterocycles. The second-order valence-corrected chi connectivity index (χ2v) is 5.73. The molecule has 0 bridgehead atoms. The molecule has 2 aromatic carbocycles. The zero-order valence-electron chi connectivity index (χ0n) is 13.7. The second-order valence-electron chi connectivity index (χ2n) is 5.73. The Hall–Kier alpha value is -2.99. The van der Waals surface area contributed by atoms with Crippen molar-refractivity contribution in [1.82, 2.24) is 14.9 Å². The van der Waals surface area contributed by atoms with Crippen LogP contribution >= 0.6 is 0 Å². The number of hydrogen-bond donors (Lipinski definition) is 2. The Kier molecular flexibility index (Phi) is 4.67. The molecule has 6 nitrogen and oxygen atoms in total. The number of nitrogens with one attached hydrogen (secondary N) is 2. The largest absolute Gasteiger partial charge is 0.340 e. The molecule has 0 aliphatic heterocycles. The van der Waals surface area contributed by atoms with E-state index in [9.17, 15) is 4.79 Å². The van der Waals surface area contributed by atoms with Gasteiger partial charge in [-0.15, -0.1) is 0 Å². The zero-order chi connectivity index (χ0) is 16.9. The van der Waals surface area contributed by atoms with E-state index in [0.29, 0.717) is 6.54 Å². The van der Waals surface area contributed by atoms with Gasteiger partial charge in [-0.2, -0.15) is 0 Å². The maximum atomic E-state index is 11.8. The lowest BCUT2D eigenvalue weighted by Crippen LogP contribution is -2.27. The molecule has 0 aliphatic rings. The minimum Gasteiger partial charge on any atom is -0.340 e. The molecule has 0 saturated carbocycles. The number of carbonyl (C=O) groups excluding carboxylic acids is 1. The molecule has 6 heteroatoms. The van der Waals surface area contributed by atoms with Crippen molar-refractivity contribution in [3.63, 3.8) is 0 Å². The van der Waals surface area contributed by atoms with E-state index in [1.54, 1.807) is 6.33 Å². The fraction of sp³-hybridized carbons (Fsp3) is 0.167. The van der Waals surface area contributed by atoms with Crippen molar-refractivity contribution in [2.24, 2.45) is 0 Å². The van der Waals surface area contributed by atoms with Crippen LogP contribution in [0, 0.1) is 0 Å². The summed E-state index contributed by atoms with van der Waals surface area (Å²) in [7, 11) is 3.72. The van der Waals surface area contributed by atoms with Gasteiger partial charge in [-0.05, 0) is 50.5 Å². The number of aromatic nitrogens is 2. The third kappa shape index (κ3) is 3.85. The summed E-state index contributed by atoms with van der Waals surface area (Å²) in [5, 5.41) is 7.11. The van der Waals surface area contributed by atoms with Gasteiger partial charge in [0.2, 0.25) is 5.91 Å². The first-order valence-corrected chi connectivity index (χ1v) is 7.63. The summed E-state index contributed by atoms with van der Waals surface area (Å²) in [6.07, 6.45) is 1.54. The van der Waals surface area contributed by atoms with E-state index in [4.69, 9.17) is 0 Å². The third-order valence-electron chi connectivity index (χ3n) is 3.43. The SMILES string of the molecule is CN(C)CC(=O)Nc1ccc(Nc2ncnc3ccccc23)cc1. The summed E-state index contributed by atoms with van der Waals surface area (Å²) < 4.78 is 0. The Bertz CT molecular complexity index is 840. The monoisotopic (exact) mass is 321 g/mol. The predicted molar refractivity (Wildman–Crippen MR) is 96.4 cm³/mol. The Balaban J connectivity index is 1.73.